The first kappa shape index (κ1) is 16.3. The number of carbonyl (C=O) groups is 1. The van der Waals surface area contributed by atoms with E-state index in [-0.39, 0.29) is 5.91 Å². The van der Waals surface area contributed by atoms with Crippen molar-refractivity contribution in [3.63, 3.8) is 0 Å². The van der Waals surface area contributed by atoms with E-state index in [4.69, 9.17) is 4.74 Å². The van der Waals surface area contributed by atoms with E-state index in [1.54, 1.807) is 24.7 Å². The van der Waals surface area contributed by atoms with E-state index < -0.39 is 0 Å². The Hall–Kier alpha value is -3.22. The van der Waals surface area contributed by atoms with Gasteiger partial charge in [-0.2, -0.15) is 5.10 Å². The Kier molecular flexibility index (Phi) is 4.35. The van der Waals surface area contributed by atoms with Crippen LogP contribution in [-0.2, 0) is 13.0 Å². The molecule has 0 atom stereocenters. The first-order chi connectivity index (χ1) is 12.7. The monoisotopic (exact) mass is 349 g/mol. The van der Waals surface area contributed by atoms with Crippen LogP contribution in [0.15, 0.2) is 49.2 Å². The number of carbonyl (C=O) groups excluding carboxylic acids is 1. The molecule has 4 rings (SSSR count). The molecule has 132 valence electrons. The largest absolute Gasteiger partial charge is 0.494 e. The van der Waals surface area contributed by atoms with Gasteiger partial charge in [-0.1, -0.05) is 6.07 Å². The summed E-state index contributed by atoms with van der Waals surface area (Å²) >= 11 is 0. The summed E-state index contributed by atoms with van der Waals surface area (Å²) in [5.74, 6) is 1.41. The molecule has 1 aliphatic heterocycles. The Bertz CT molecular complexity index is 923. The molecular weight excluding hydrogens is 330 g/mol. The highest BCUT2D eigenvalue weighted by atomic mass is 16.5. The maximum atomic E-state index is 13.0. The maximum Gasteiger partial charge on any atom is 0.254 e. The molecule has 26 heavy (non-hydrogen) atoms. The highest BCUT2D eigenvalue weighted by molar-refractivity contribution is 5.94. The lowest BCUT2D eigenvalue weighted by Gasteiger charge is -2.29. The van der Waals surface area contributed by atoms with Crippen LogP contribution in [0, 0.1) is 0 Å². The SMILES string of the molecule is CCOc1ccc2c(c1)CN(C(=O)c1ccnc(-n3cncn3)c1)CC2. The molecule has 0 bridgehead atoms. The van der Waals surface area contributed by atoms with Crippen LogP contribution < -0.4 is 4.74 Å². The van der Waals surface area contributed by atoms with E-state index in [1.807, 2.05) is 24.0 Å². The molecule has 1 amide bonds. The summed E-state index contributed by atoms with van der Waals surface area (Å²) in [4.78, 5) is 23.0. The van der Waals surface area contributed by atoms with Gasteiger partial charge in [-0.3, -0.25) is 4.79 Å². The van der Waals surface area contributed by atoms with E-state index in [9.17, 15) is 4.79 Å². The van der Waals surface area contributed by atoms with Crippen molar-refractivity contribution < 1.29 is 9.53 Å². The number of aromatic nitrogens is 4. The van der Waals surface area contributed by atoms with Crippen molar-refractivity contribution in [1.82, 2.24) is 24.6 Å². The van der Waals surface area contributed by atoms with Crippen molar-refractivity contribution in [3.8, 4) is 11.6 Å². The van der Waals surface area contributed by atoms with Gasteiger partial charge in [-0.05, 0) is 48.7 Å². The second-order valence-electron chi connectivity index (χ2n) is 6.08. The quantitative estimate of drug-likeness (QED) is 0.722. The van der Waals surface area contributed by atoms with Gasteiger partial charge in [-0.15, -0.1) is 0 Å². The molecule has 0 radical (unpaired) electrons. The van der Waals surface area contributed by atoms with Gasteiger partial charge in [-0.25, -0.2) is 14.6 Å². The van der Waals surface area contributed by atoms with Gasteiger partial charge < -0.3 is 9.64 Å². The Labute approximate surface area is 151 Å². The van der Waals surface area contributed by atoms with Gasteiger partial charge in [0.1, 0.15) is 18.4 Å². The fourth-order valence-corrected chi connectivity index (χ4v) is 3.15. The smallest absolute Gasteiger partial charge is 0.254 e. The zero-order valence-corrected chi connectivity index (χ0v) is 14.5. The summed E-state index contributed by atoms with van der Waals surface area (Å²) in [6.07, 6.45) is 5.46. The fourth-order valence-electron chi connectivity index (χ4n) is 3.15. The van der Waals surface area contributed by atoms with Gasteiger partial charge in [0.25, 0.3) is 5.91 Å². The highest BCUT2D eigenvalue weighted by Gasteiger charge is 2.22. The molecule has 0 N–H and O–H groups in total. The van der Waals surface area contributed by atoms with Gasteiger partial charge in [0.05, 0.1) is 6.61 Å². The lowest BCUT2D eigenvalue weighted by atomic mass is 9.99. The number of pyridine rings is 1. The molecule has 1 aromatic carbocycles. The molecule has 3 aromatic rings. The van der Waals surface area contributed by atoms with Gasteiger partial charge >= 0.3 is 0 Å². The molecular formula is C19H19N5O2. The molecule has 0 saturated carbocycles. The molecule has 2 aromatic heterocycles. The molecule has 3 heterocycles. The predicted molar refractivity (Wildman–Crippen MR) is 95.2 cm³/mol. The summed E-state index contributed by atoms with van der Waals surface area (Å²) in [5, 5.41) is 4.06. The maximum absolute atomic E-state index is 13.0. The van der Waals surface area contributed by atoms with Crippen LogP contribution in [0.1, 0.15) is 28.4 Å². The fraction of sp³-hybridized carbons (Fsp3) is 0.263. The van der Waals surface area contributed by atoms with E-state index >= 15 is 0 Å². The second-order valence-corrected chi connectivity index (χ2v) is 6.08. The van der Waals surface area contributed by atoms with Gasteiger partial charge in [0.2, 0.25) is 0 Å². The van der Waals surface area contributed by atoms with E-state index in [0.717, 1.165) is 17.7 Å². The van der Waals surface area contributed by atoms with Crippen molar-refractivity contribution in [2.45, 2.75) is 19.9 Å². The molecule has 7 heteroatoms. The normalized spacial score (nSPS) is 13.3. The average molecular weight is 349 g/mol. The number of hydrogen-bond donors (Lipinski definition) is 0. The number of fused-ring (bicyclic) bond motifs is 1. The van der Waals surface area contributed by atoms with E-state index in [0.29, 0.717) is 31.1 Å². The molecule has 0 saturated heterocycles. The standard InChI is InChI=1S/C19H19N5O2/c1-2-26-17-4-3-14-6-8-23(11-16(14)9-17)19(25)15-5-7-21-18(10-15)24-13-20-12-22-24/h3-5,7,9-10,12-13H,2,6,8,11H2,1H3. The molecule has 0 aliphatic carbocycles. The third kappa shape index (κ3) is 3.15. The zero-order valence-electron chi connectivity index (χ0n) is 14.5. The summed E-state index contributed by atoms with van der Waals surface area (Å²) in [5.41, 5.74) is 3.01. The molecule has 7 nitrogen and oxygen atoms in total. The Morgan fingerprint density at radius 3 is 2.96 bits per heavy atom. The zero-order chi connectivity index (χ0) is 17.9. The van der Waals surface area contributed by atoms with Crippen molar-refractivity contribution in [1.29, 1.82) is 0 Å². The van der Waals surface area contributed by atoms with Gasteiger partial charge in [0, 0.05) is 24.8 Å². The molecule has 0 unspecified atom stereocenters. The average Bonchev–Trinajstić information content (AvgIpc) is 3.22. The lowest BCUT2D eigenvalue weighted by Crippen LogP contribution is -2.36. The summed E-state index contributed by atoms with van der Waals surface area (Å²) in [7, 11) is 0. The molecule has 0 fully saturated rings. The second kappa shape index (κ2) is 6.95. The van der Waals surface area contributed by atoms with Crippen LogP contribution in [0.25, 0.3) is 5.82 Å². The number of ether oxygens (including phenoxy) is 1. The van der Waals surface area contributed by atoms with Crippen LogP contribution >= 0.6 is 0 Å². The molecule has 0 spiro atoms. The Balaban J connectivity index is 1.56. The number of rotatable bonds is 4. The minimum absolute atomic E-state index is 0.0128. The van der Waals surface area contributed by atoms with Crippen LogP contribution in [0.3, 0.4) is 0 Å². The minimum Gasteiger partial charge on any atom is -0.494 e. The van der Waals surface area contributed by atoms with Crippen LogP contribution in [0.4, 0.5) is 0 Å². The van der Waals surface area contributed by atoms with Crippen LogP contribution in [0.2, 0.25) is 0 Å². The third-order valence-electron chi connectivity index (χ3n) is 4.43. The lowest BCUT2D eigenvalue weighted by molar-refractivity contribution is 0.0734. The van der Waals surface area contributed by atoms with E-state index in [2.05, 4.69) is 21.1 Å². The highest BCUT2D eigenvalue weighted by Crippen LogP contribution is 2.25. The first-order valence-corrected chi connectivity index (χ1v) is 8.59. The minimum atomic E-state index is -0.0128. The first-order valence-electron chi connectivity index (χ1n) is 8.59. The summed E-state index contributed by atoms with van der Waals surface area (Å²) in [6, 6.07) is 9.59. The van der Waals surface area contributed by atoms with Crippen LogP contribution in [-0.4, -0.2) is 43.7 Å². The molecule has 1 aliphatic rings. The summed E-state index contributed by atoms with van der Waals surface area (Å²) < 4.78 is 7.12. The number of nitrogens with zero attached hydrogens (tertiary/aromatic N) is 5. The number of amides is 1. The van der Waals surface area contributed by atoms with Crippen molar-refractivity contribution >= 4 is 5.91 Å². The van der Waals surface area contributed by atoms with Crippen LogP contribution in [0.5, 0.6) is 5.75 Å². The predicted octanol–water partition coefficient (Wildman–Crippen LogP) is 2.26. The summed E-state index contributed by atoms with van der Waals surface area (Å²) in [6.45, 7) is 3.87. The van der Waals surface area contributed by atoms with Gasteiger partial charge in [0.15, 0.2) is 5.82 Å². The van der Waals surface area contributed by atoms with Crippen molar-refractivity contribution in [3.05, 3.63) is 65.9 Å². The number of benzene rings is 1. The Morgan fingerprint density at radius 1 is 1.23 bits per heavy atom. The van der Waals surface area contributed by atoms with E-state index in [1.165, 1.54) is 16.6 Å². The van der Waals surface area contributed by atoms with Crippen molar-refractivity contribution in [2.75, 3.05) is 13.2 Å². The topological polar surface area (TPSA) is 73.1 Å². The third-order valence-corrected chi connectivity index (χ3v) is 4.43. The number of hydrogen-bond acceptors (Lipinski definition) is 5. The Morgan fingerprint density at radius 2 is 2.15 bits per heavy atom. The van der Waals surface area contributed by atoms with Crippen molar-refractivity contribution in [2.24, 2.45) is 0 Å².